The van der Waals surface area contributed by atoms with Crippen molar-refractivity contribution in [2.24, 2.45) is 5.41 Å². The first-order valence-corrected chi connectivity index (χ1v) is 11.0. The van der Waals surface area contributed by atoms with Crippen LogP contribution in [0.3, 0.4) is 0 Å². The van der Waals surface area contributed by atoms with Crippen LogP contribution in [-0.4, -0.2) is 26.9 Å². The molecule has 0 aliphatic heterocycles. The minimum Gasteiger partial charge on any atom is -0.481 e. The average Bonchev–Trinajstić information content (AvgIpc) is 2.91. The zero-order chi connectivity index (χ0) is 22.0. The molecule has 0 amide bonds. The van der Waals surface area contributed by atoms with Crippen molar-refractivity contribution >= 4 is 11.5 Å². The highest BCUT2D eigenvalue weighted by molar-refractivity contribution is 5.69. The number of aliphatic hydroxyl groups is 1. The largest absolute Gasteiger partial charge is 0.481 e. The summed E-state index contributed by atoms with van der Waals surface area (Å²) >= 11 is 0. The predicted molar refractivity (Wildman–Crippen MR) is 122 cm³/mol. The molecule has 1 aromatic heterocycles. The summed E-state index contributed by atoms with van der Waals surface area (Å²) in [6.07, 6.45) is 11.8. The Morgan fingerprint density at radius 3 is 2.48 bits per heavy atom. The lowest BCUT2D eigenvalue weighted by atomic mass is 9.94. The number of rotatable bonds is 13. The van der Waals surface area contributed by atoms with Gasteiger partial charge in [0.2, 0.25) is 0 Å². The third-order valence-corrected chi connectivity index (χ3v) is 5.10. The fraction of sp³-hybridized carbons (Fsp3) is 0.640. The molecule has 0 saturated heterocycles. The number of aliphatic carboxylic acids is 1. The lowest BCUT2D eigenvalue weighted by Gasteiger charge is -2.20. The molecule has 0 bridgehead atoms. The van der Waals surface area contributed by atoms with Crippen LogP contribution >= 0.6 is 0 Å². The molecule has 0 aromatic carbocycles. The van der Waals surface area contributed by atoms with Gasteiger partial charge in [-0.15, -0.1) is 0 Å². The summed E-state index contributed by atoms with van der Waals surface area (Å²) in [4.78, 5) is 10.7. The second kappa shape index (κ2) is 12.0. The molecule has 4 nitrogen and oxygen atoms in total. The molecule has 0 spiro atoms. The third kappa shape index (κ3) is 9.49. The molecule has 1 rings (SSSR count). The molecule has 0 fully saturated rings. The Balaban J connectivity index is 2.93. The van der Waals surface area contributed by atoms with Gasteiger partial charge in [-0.1, -0.05) is 46.4 Å². The van der Waals surface area contributed by atoms with E-state index in [1.807, 2.05) is 0 Å². The molecule has 1 aromatic rings. The highest BCUT2D eigenvalue weighted by Crippen LogP contribution is 2.31. The van der Waals surface area contributed by atoms with Crippen molar-refractivity contribution in [1.82, 2.24) is 4.57 Å². The molecule has 0 aliphatic carbocycles. The molecule has 1 heterocycles. The van der Waals surface area contributed by atoms with E-state index in [0.717, 1.165) is 44.2 Å². The highest BCUT2D eigenvalue weighted by atomic mass is 16.4. The molecule has 0 radical (unpaired) electrons. The monoisotopic (exact) mass is 403 g/mol. The third-order valence-electron chi connectivity index (χ3n) is 5.10. The van der Waals surface area contributed by atoms with Gasteiger partial charge in [-0.25, -0.2) is 0 Å². The van der Waals surface area contributed by atoms with Gasteiger partial charge < -0.3 is 14.8 Å². The zero-order valence-electron chi connectivity index (χ0n) is 19.1. The Bertz CT molecular complexity index is 692. The first-order chi connectivity index (χ1) is 13.5. The standard InChI is InChI=1S/C25H41NO3/c1-7-8-9-13-22(27)16-15-21-17-26(18-25(4,5)6)20(3)24(21)19(2)12-10-11-14-23(28)29/h8-9,17,22,27H,2,7,10-16,18H2,1,3-6H3,(H,28,29)/b9-8-. The number of aryl methyl sites for hydroxylation is 1. The molecule has 2 N–H and O–H groups in total. The number of carboxylic acids is 1. The molecule has 1 atom stereocenters. The van der Waals surface area contributed by atoms with Crippen molar-refractivity contribution in [2.75, 3.05) is 0 Å². The van der Waals surface area contributed by atoms with Crippen molar-refractivity contribution in [3.63, 3.8) is 0 Å². The van der Waals surface area contributed by atoms with Gasteiger partial charge in [0.1, 0.15) is 0 Å². The number of hydrogen-bond acceptors (Lipinski definition) is 2. The number of aromatic nitrogens is 1. The van der Waals surface area contributed by atoms with Crippen LogP contribution in [-0.2, 0) is 17.8 Å². The molecular weight excluding hydrogens is 362 g/mol. The van der Waals surface area contributed by atoms with Gasteiger partial charge >= 0.3 is 5.97 Å². The summed E-state index contributed by atoms with van der Waals surface area (Å²) in [5.74, 6) is -0.741. The Kier molecular flexibility index (Phi) is 10.5. The minimum atomic E-state index is -0.741. The van der Waals surface area contributed by atoms with Crippen molar-refractivity contribution in [2.45, 2.75) is 98.6 Å². The molecule has 1 unspecified atom stereocenters. The van der Waals surface area contributed by atoms with E-state index in [-0.39, 0.29) is 17.9 Å². The maximum atomic E-state index is 10.7. The SMILES string of the molecule is C=C(CCCCC(=O)O)c1c(CCC(O)C/C=C\CC)cn(CC(C)(C)C)c1C. The number of carboxylic acid groups (broad SMARTS) is 1. The Morgan fingerprint density at radius 1 is 1.24 bits per heavy atom. The number of nitrogens with zero attached hydrogens (tertiary/aromatic N) is 1. The smallest absolute Gasteiger partial charge is 0.303 e. The molecule has 29 heavy (non-hydrogen) atoms. The van der Waals surface area contributed by atoms with E-state index >= 15 is 0 Å². The van der Waals surface area contributed by atoms with Crippen LogP contribution in [0.25, 0.3) is 5.57 Å². The average molecular weight is 404 g/mol. The fourth-order valence-electron chi connectivity index (χ4n) is 3.67. The van der Waals surface area contributed by atoms with Crippen LogP contribution < -0.4 is 0 Å². The summed E-state index contributed by atoms with van der Waals surface area (Å²) in [5.41, 5.74) is 4.93. The molecule has 164 valence electrons. The quantitative estimate of drug-likeness (QED) is 0.307. The number of aliphatic hydroxyl groups excluding tert-OH is 1. The lowest BCUT2D eigenvalue weighted by Crippen LogP contribution is -2.15. The van der Waals surface area contributed by atoms with Gasteiger partial charge in [0.05, 0.1) is 6.10 Å². The number of allylic oxidation sites excluding steroid dienone is 2. The molecule has 0 saturated carbocycles. The van der Waals surface area contributed by atoms with E-state index in [9.17, 15) is 9.90 Å². The Labute approximate surface area is 177 Å². The normalized spacial score (nSPS) is 13.2. The summed E-state index contributed by atoms with van der Waals surface area (Å²) in [5, 5.41) is 19.2. The summed E-state index contributed by atoms with van der Waals surface area (Å²) in [7, 11) is 0. The van der Waals surface area contributed by atoms with E-state index in [1.54, 1.807) is 0 Å². The van der Waals surface area contributed by atoms with Crippen LogP contribution in [0.15, 0.2) is 24.9 Å². The van der Waals surface area contributed by atoms with Crippen molar-refractivity contribution in [1.29, 1.82) is 0 Å². The van der Waals surface area contributed by atoms with Gasteiger partial charge in [-0.05, 0) is 68.4 Å². The van der Waals surface area contributed by atoms with Crippen molar-refractivity contribution in [3.8, 4) is 0 Å². The van der Waals surface area contributed by atoms with Gasteiger partial charge in [-0.3, -0.25) is 4.79 Å². The first-order valence-electron chi connectivity index (χ1n) is 11.0. The van der Waals surface area contributed by atoms with E-state index in [1.165, 1.54) is 16.8 Å². The number of unbranched alkanes of at least 4 members (excludes halogenated alkanes) is 1. The van der Waals surface area contributed by atoms with Gasteiger partial charge in [0.15, 0.2) is 0 Å². The Morgan fingerprint density at radius 2 is 1.90 bits per heavy atom. The summed E-state index contributed by atoms with van der Waals surface area (Å²) in [6.45, 7) is 16.2. The van der Waals surface area contributed by atoms with E-state index < -0.39 is 5.97 Å². The van der Waals surface area contributed by atoms with Crippen molar-refractivity contribution < 1.29 is 15.0 Å². The highest BCUT2D eigenvalue weighted by Gasteiger charge is 2.19. The summed E-state index contributed by atoms with van der Waals surface area (Å²) < 4.78 is 2.32. The molecule has 4 heteroatoms. The maximum absolute atomic E-state index is 10.7. The molecule has 0 aliphatic rings. The maximum Gasteiger partial charge on any atom is 0.303 e. The van der Waals surface area contributed by atoms with Gasteiger partial charge in [-0.2, -0.15) is 0 Å². The molecular formula is C25H41NO3. The van der Waals surface area contributed by atoms with Crippen LogP contribution in [0.5, 0.6) is 0 Å². The number of carbonyl (C=O) groups is 1. The van der Waals surface area contributed by atoms with Gasteiger partial charge in [0.25, 0.3) is 0 Å². The second-order valence-corrected chi connectivity index (χ2v) is 9.32. The van der Waals surface area contributed by atoms with E-state index in [0.29, 0.717) is 12.8 Å². The van der Waals surface area contributed by atoms with Crippen LogP contribution in [0.4, 0.5) is 0 Å². The minimum absolute atomic E-state index is 0.172. The second-order valence-electron chi connectivity index (χ2n) is 9.32. The van der Waals surface area contributed by atoms with Crippen LogP contribution in [0, 0.1) is 12.3 Å². The van der Waals surface area contributed by atoms with E-state index in [2.05, 4.69) is 64.1 Å². The van der Waals surface area contributed by atoms with E-state index in [4.69, 9.17) is 5.11 Å². The Hall–Kier alpha value is -1.81. The first kappa shape index (κ1) is 25.2. The number of hydrogen-bond donors (Lipinski definition) is 2. The predicted octanol–water partition coefficient (Wildman–Crippen LogP) is 6.15. The van der Waals surface area contributed by atoms with Crippen LogP contribution in [0.1, 0.15) is 89.5 Å². The van der Waals surface area contributed by atoms with Crippen LogP contribution in [0.2, 0.25) is 0 Å². The van der Waals surface area contributed by atoms with Gasteiger partial charge in [0, 0.05) is 30.4 Å². The fourth-order valence-corrected chi connectivity index (χ4v) is 3.67. The van der Waals surface area contributed by atoms with Crippen molar-refractivity contribution in [3.05, 3.63) is 41.7 Å². The summed E-state index contributed by atoms with van der Waals surface area (Å²) in [6, 6.07) is 0. The zero-order valence-corrected chi connectivity index (χ0v) is 19.1. The lowest BCUT2D eigenvalue weighted by molar-refractivity contribution is -0.137. The topological polar surface area (TPSA) is 62.5 Å².